The second-order valence-corrected chi connectivity index (χ2v) is 7.36. The molecule has 1 saturated heterocycles. The van der Waals surface area contributed by atoms with E-state index in [2.05, 4.69) is 18.7 Å². The predicted molar refractivity (Wildman–Crippen MR) is 76.7 cm³/mol. The summed E-state index contributed by atoms with van der Waals surface area (Å²) in [6.45, 7) is 8.03. The highest BCUT2D eigenvalue weighted by atomic mass is 16.3. The summed E-state index contributed by atoms with van der Waals surface area (Å²) in [6, 6.07) is 0. The Hall–Kier alpha value is -0.0800. The fraction of sp³-hybridized carbons (Fsp3) is 1.00. The third kappa shape index (κ3) is 4.55. The Bertz CT molecular complexity index is 245. The molecule has 1 atom stereocenters. The van der Waals surface area contributed by atoms with Gasteiger partial charge in [-0.25, -0.2) is 0 Å². The number of hydrogen-bond donors (Lipinski definition) is 1. The standard InChI is InChI=1S/C16H31NO/c1-16(2)8-5-10-17(11-9-16)13-15(18)12-14-6-3-4-7-14/h14-15,18H,3-13H2,1-2H3. The maximum absolute atomic E-state index is 10.2. The van der Waals surface area contributed by atoms with Crippen molar-refractivity contribution in [1.82, 2.24) is 4.90 Å². The van der Waals surface area contributed by atoms with Crippen LogP contribution in [0.5, 0.6) is 0 Å². The van der Waals surface area contributed by atoms with Crippen LogP contribution in [0, 0.1) is 11.3 Å². The molecule has 1 heterocycles. The predicted octanol–water partition coefficient (Wildman–Crippen LogP) is 3.44. The molecular formula is C16H31NO. The minimum absolute atomic E-state index is 0.0886. The van der Waals surface area contributed by atoms with Crippen LogP contribution >= 0.6 is 0 Å². The van der Waals surface area contributed by atoms with Crippen LogP contribution in [-0.2, 0) is 0 Å². The molecule has 2 heteroatoms. The van der Waals surface area contributed by atoms with Gasteiger partial charge in [-0.05, 0) is 50.1 Å². The van der Waals surface area contributed by atoms with Gasteiger partial charge in [0.1, 0.15) is 0 Å². The SMILES string of the molecule is CC1(C)CCCN(CC(O)CC2CCCC2)CC1. The van der Waals surface area contributed by atoms with Gasteiger partial charge < -0.3 is 10.0 Å². The van der Waals surface area contributed by atoms with Gasteiger partial charge in [0.15, 0.2) is 0 Å². The number of hydrogen-bond acceptors (Lipinski definition) is 2. The van der Waals surface area contributed by atoms with Crippen molar-refractivity contribution in [3.8, 4) is 0 Å². The fourth-order valence-corrected chi connectivity index (χ4v) is 3.66. The molecule has 2 rings (SSSR count). The van der Waals surface area contributed by atoms with Crippen LogP contribution in [0.15, 0.2) is 0 Å². The highest BCUT2D eigenvalue weighted by Crippen LogP contribution is 2.31. The number of aliphatic hydroxyl groups is 1. The first-order valence-corrected chi connectivity index (χ1v) is 7.96. The summed E-state index contributed by atoms with van der Waals surface area (Å²) in [5.41, 5.74) is 0.505. The van der Waals surface area contributed by atoms with Crippen molar-refractivity contribution < 1.29 is 5.11 Å². The lowest BCUT2D eigenvalue weighted by atomic mass is 9.85. The van der Waals surface area contributed by atoms with E-state index >= 15 is 0 Å². The third-order valence-corrected chi connectivity index (χ3v) is 4.98. The highest BCUT2D eigenvalue weighted by molar-refractivity contribution is 4.79. The van der Waals surface area contributed by atoms with E-state index in [1.54, 1.807) is 0 Å². The molecule has 0 spiro atoms. The van der Waals surface area contributed by atoms with E-state index in [0.717, 1.165) is 18.9 Å². The second-order valence-electron chi connectivity index (χ2n) is 7.36. The molecule has 0 aromatic rings. The normalized spacial score (nSPS) is 28.2. The van der Waals surface area contributed by atoms with Crippen molar-refractivity contribution in [2.24, 2.45) is 11.3 Å². The lowest BCUT2D eigenvalue weighted by Gasteiger charge is -2.26. The molecule has 2 aliphatic rings. The van der Waals surface area contributed by atoms with E-state index in [4.69, 9.17) is 0 Å². The number of nitrogens with zero attached hydrogens (tertiary/aromatic N) is 1. The summed E-state index contributed by atoms with van der Waals surface area (Å²) in [6.07, 6.45) is 10.3. The van der Waals surface area contributed by atoms with Crippen LogP contribution in [0.3, 0.4) is 0 Å². The molecule has 1 N–H and O–H groups in total. The Kier molecular flexibility index (Phi) is 5.08. The fourth-order valence-electron chi connectivity index (χ4n) is 3.66. The molecule has 18 heavy (non-hydrogen) atoms. The first-order chi connectivity index (χ1) is 8.55. The maximum atomic E-state index is 10.2. The molecule has 1 saturated carbocycles. The van der Waals surface area contributed by atoms with Crippen LogP contribution in [-0.4, -0.2) is 35.7 Å². The third-order valence-electron chi connectivity index (χ3n) is 4.98. The summed E-state index contributed by atoms with van der Waals surface area (Å²) >= 11 is 0. The molecule has 0 aromatic carbocycles. The summed E-state index contributed by atoms with van der Waals surface area (Å²) < 4.78 is 0. The Morgan fingerprint density at radius 2 is 1.83 bits per heavy atom. The van der Waals surface area contributed by atoms with Gasteiger partial charge in [0.2, 0.25) is 0 Å². The van der Waals surface area contributed by atoms with Crippen molar-refractivity contribution in [2.75, 3.05) is 19.6 Å². The number of rotatable bonds is 4. The highest BCUT2D eigenvalue weighted by Gasteiger charge is 2.25. The smallest absolute Gasteiger partial charge is 0.0669 e. The topological polar surface area (TPSA) is 23.5 Å². The molecule has 0 radical (unpaired) electrons. The van der Waals surface area contributed by atoms with Gasteiger partial charge in [-0.15, -0.1) is 0 Å². The van der Waals surface area contributed by atoms with Crippen LogP contribution in [0.2, 0.25) is 0 Å². The molecule has 1 aliphatic carbocycles. The molecule has 106 valence electrons. The second kappa shape index (κ2) is 6.38. The maximum Gasteiger partial charge on any atom is 0.0669 e. The van der Waals surface area contributed by atoms with Crippen LogP contribution in [0.1, 0.15) is 65.2 Å². The summed E-state index contributed by atoms with van der Waals surface area (Å²) in [5, 5.41) is 10.2. The average molecular weight is 253 g/mol. The Morgan fingerprint density at radius 3 is 2.56 bits per heavy atom. The van der Waals surface area contributed by atoms with E-state index in [1.165, 1.54) is 58.0 Å². The number of β-amino-alcohol motifs (C(OH)–C–C–N with tert-alkyl or cyclic N) is 1. The van der Waals surface area contributed by atoms with Crippen molar-refractivity contribution in [3.63, 3.8) is 0 Å². The summed E-state index contributed by atoms with van der Waals surface area (Å²) in [7, 11) is 0. The van der Waals surface area contributed by atoms with Gasteiger partial charge in [-0.2, -0.15) is 0 Å². The average Bonchev–Trinajstić information content (AvgIpc) is 2.72. The van der Waals surface area contributed by atoms with Crippen molar-refractivity contribution in [2.45, 2.75) is 71.3 Å². The molecule has 0 bridgehead atoms. The van der Waals surface area contributed by atoms with Crippen LogP contribution in [0.4, 0.5) is 0 Å². The molecule has 0 amide bonds. The van der Waals surface area contributed by atoms with Crippen molar-refractivity contribution >= 4 is 0 Å². The zero-order valence-electron chi connectivity index (χ0n) is 12.3. The van der Waals surface area contributed by atoms with Gasteiger partial charge in [0.05, 0.1) is 6.10 Å². The Morgan fingerprint density at radius 1 is 1.11 bits per heavy atom. The molecule has 2 fully saturated rings. The molecule has 0 aromatic heterocycles. The van der Waals surface area contributed by atoms with E-state index < -0.39 is 0 Å². The molecule has 1 aliphatic heterocycles. The van der Waals surface area contributed by atoms with Gasteiger partial charge in [0.25, 0.3) is 0 Å². The van der Waals surface area contributed by atoms with Gasteiger partial charge in [-0.3, -0.25) is 0 Å². The Labute approximate surface area is 113 Å². The van der Waals surface area contributed by atoms with E-state index in [9.17, 15) is 5.11 Å². The zero-order valence-corrected chi connectivity index (χ0v) is 12.3. The first kappa shape index (κ1) is 14.3. The Balaban J connectivity index is 1.71. The molecular weight excluding hydrogens is 222 g/mol. The minimum Gasteiger partial charge on any atom is -0.392 e. The molecule has 1 unspecified atom stereocenters. The largest absolute Gasteiger partial charge is 0.392 e. The van der Waals surface area contributed by atoms with Gasteiger partial charge >= 0.3 is 0 Å². The van der Waals surface area contributed by atoms with Crippen LogP contribution in [0.25, 0.3) is 0 Å². The zero-order chi connectivity index (χ0) is 13.0. The summed E-state index contributed by atoms with van der Waals surface area (Å²) in [5.74, 6) is 0.809. The van der Waals surface area contributed by atoms with Crippen molar-refractivity contribution in [1.29, 1.82) is 0 Å². The monoisotopic (exact) mass is 253 g/mol. The molecule has 2 nitrogen and oxygen atoms in total. The first-order valence-electron chi connectivity index (χ1n) is 7.96. The van der Waals surface area contributed by atoms with E-state index in [-0.39, 0.29) is 6.10 Å². The summed E-state index contributed by atoms with van der Waals surface area (Å²) in [4.78, 5) is 2.49. The lowest BCUT2D eigenvalue weighted by Crippen LogP contribution is -2.34. The lowest BCUT2D eigenvalue weighted by molar-refractivity contribution is 0.0912. The number of likely N-dealkylation sites (tertiary alicyclic amines) is 1. The van der Waals surface area contributed by atoms with Gasteiger partial charge in [0, 0.05) is 6.54 Å². The van der Waals surface area contributed by atoms with E-state index in [0.29, 0.717) is 5.41 Å². The van der Waals surface area contributed by atoms with E-state index in [1.807, 2.05) is 0 Å². The van der Waals surface area contributed by atoms with Crippen molar-refractivity contribution in [3.05, 3.63) is 0 Å². The quantitative estimate of drug-likeness (QED) is 0.829. The number of aliphatic hydroxyl groups excluding tert-OH is 1. The van der Waals surface area contributed by atoms with Gasteiger partial charge in [-0.1, -0.05) is 39.5 Å². The van der Waals surface area contributed by atoms with Crippen LogP contribution < -0.4 is 0 Å². The minimum atomic E-state index is -0.0886.